The van der Waals surface area contributed by atoms with E-state index in [1.807, 2.05) is 0 Å². The van der Waals surface area contributed by atoms with E-state index in [0.717, 1.165) is 24.4 Å². The number of phenols is 1. The molecule has 0 heterocycles. The molecule has 120 valence electrons. The number of halogens is 2. The SMILES string of the molecule is COc1cc(/C=N/Nc2ccc(F)cc2F)cc([N+](=O)[O-])c1O. The van der Waals surface area contributed by atoms with Crippen molar-refractivity contribution in [2.24, 2.45) is 5.10 Å². The van der Waals surface area contributed by atoms with Crippen LogP contribution in [0.15, 0.2) is 35.4 Å². The normalized spacial score (nSPS) is 10.7. The van der Waals surface area contributed by atoms with Crippen LogP contribution in [0.4, 0.5) is 20.2 Å². The van der Waals surface area contributed by atoms with E-state index in [-0.39, 0.29) is 17.0 Å². The highest BCUT2D eigenvalue weighted by Crippen LogP contribution is 2.36. The Morgan fingerprint density at radius 3 is 2.70 bits per heavy atom. The molecular formula is C14H11F2N3O4. The minimum atomic E-state index is -0.837. The van der Waals surface area contributed by atoms with Crippen LogP contribution in [0.5, 0.6) is 11.5 Å². The fourth-order valence-electron chi connectivity index (χ4n) is 1.74. The number of phenolic OH excluding ortho intramolecular Hbond substituents is 1. The van der Waals surface area contributed by atoms with E-state index in [0.29, 0.717) is 6.07 Å². The standard InChI is InChI=1S/C14H11F2N3O4/c1-23-13-5-8(4-12(14(13)20)19(21)22)7-17-18-11-3-2-9(15)6-10(11)16/h2-7,18,20H,1H3/b17-7+. The predicted octanol–water partition coefficient (Wildman–Crippen LogP) is 3.03. The Morgan fingerprint density at radius 1 is 1.35 bits per heavy atom. The van der Waals surface area contributed by atoms with Gasteiger partial charge < -0.3 is 9.84 Å². The van der Waals surface area contributed by atoms with Gasteiger partial charge in [-0.05, 0) is 18.2 Å². The smallest absolute Gasteiger partial charge is 0.315 e. The molecule has 0 bridgehead atoms. The maximum absolute atomic E-state index is 13.4. The lowest BCUT2D eigenvalue weighted by molar-refractivity contribution is -0.386. The van der Waals surface area contributed by atoms with Crippen LogP contribution in [-0.2, 0) is 0 Å². The van der Waals surface area contributed by atoms with E-state index in [1.54, 1.807) is 0 Å². The monoisotopic (exact) mass is 323 g/mol. The number of nitro groups is 1. The minimum Gasteiger partial charge on any atom is -0.500 e. The summed E-state index contributed by atoms with van der Waals surface area (Å²) in [4.78, 5) is 10.1. The summed E-state index contributed by atoms with van der Waals surface area (Å²) in [6.45, 7) is 0. The molecule has 0 atom stereocenters. The molecule has 0 spiro atoms. The van der Waals surface area contributed by atoms with E-state index in [1.165, 1.54) is 13.2 Å². The Bertz CT molecular complexity index is 781. The van der Waals surface area contributed by atoms with Gasteiger partial charge in [-0.2, -0.15) is 5.10 Å². The molecular weight excluding hydrogens is 312 g/mol. The maximum atomic E-state index is 13.4. The molecule has 0 unspecified atom stereocenters. The molecule has 0 fully saturated rings. The molecule has 0 aliphatic carbocycles. The van der Waals surface area contributed by atoms with E-state index >= 15 is 0 Å². The number of rotatable bonds is 5. The summed E-state index contributed by atoms with van der Waals surface area (Å²) in [6, 6.07) is 5.28. The number of methoxy groups -OCH3 is 1. The van der Waals surface area contributed by atoms with Gasteiger partial charge in [0.1, 0.15) is 5.82 Å². The molecule has 0 aliphatic heterocycles. The van der Waals surface area contributed by atoms with E-state index < -0.39 is 28.0 Å². The first-order valence-corrected chi connectivity index (χ1v) is 6.22. The summed E-state index contributed by atoms with van der Waals surface area (Å²) in [5, 5.41) is 24.2. The fourth-order valence-corrected chi connectivity index (χ4v) is 1.74. The Balaban J connectivity index is 2.25. The molecule has 23 heavy (non-hydrogen) atoms. The lowest BCUT2D eigenvalue weighted by atomic mass is 10.2. The van der Waals surface area contributed by atoms with Crippen molar-refractivity contribution in [2.75, 3.05) is 12.5 Å². The molecule has 0 aromatic heterocycles. The van der Waals surface area contributed by atoms with Crippen LogP contribution in [-0.4, -0.2) is 23.4 Å². The average Bonchev–Trinajstić information content (AvgIpc) is 2.50. The van der Waals surface area contributed by atoms with Gasteiger partial charge in [0.15, 0.2) is 11.6 Å². The second kappa shape index (κ2) is 6.69. The van der Waals surface area contributed by atoms with Crippen molar-refractivity contribution in [3.8, 4) is 11.5 Å². The highest BCUT2D eigenvalue weighted by Gasteiger charge is 2.19. The van der Waals surface area contributed by atoms with Crippen LogP contribution in [0.3, 0.4) is 0 Å². The number of hydrogen-bond donors (Lipinski definition) is 2. The van der Waals surface area contributed by atoms with Crippen molar-refractivity contribution >= 4 is 17.6 Å². The zero-order chi connectivity index (χ0) is 17.0. The van der Waals surface area contributed by atoms with Crippen molar-refractivity contribution in [1.29, 1.82) is 0 Å². The zero-order valence-electron chi connectivity index (χ0n) is 11.8. The summed E-state index contributed by atoms with van der Waals surface area (Å²) in [5.41, 5.74) is 1.96. The van der Waals surface area contributed by atoms with Gasteiger partial charge >= 0.3 is 5.69 Å². The summed E-state index contributed by atoms with van der Waals surface area (Å²) in [7, 11) is 1.24. The van der Waals surface area contributed by atoms with Crippen LogP contribution >= 0.6 is 0 Å². The molecule has 0 radical (unpaired) electrons. The largest absolute Gasteiger partial charge is 0.500 e. The Labute approximate surface area is 129 Å². The van der Waals surface area contributed by atoms with E-state index in [2.05, 4.69) is 10.5 Å². The van der Waals surface area contributed by atoms with E-state index in [9.17, 15) is 24.0 Å². The molecule has 2 aromatic carbocycles. The lowest BCUT2D eigenvalue weighted by Gasteiger charge is -2.05. The Kier molecular flexibility index (Phi) is 4.69. The van der Waals surface area contributed by atoms with Gasteiger partial charge in [0.25, 0.3) is 0 Å². The molecule has 0 saturated carbocycles. The lowest BCUT2D eigenvalue weighted by Crippen LogP contribution is -1.97. The number of hydrazone groups is 1. The number of nitro benzene ring substituents is 1. The van der Waals surface area contributed by atoms with Crippen molar-refractivity contribution < 1.29 is 23.5 Å². The van der Waals surface area contributed by atoms with Gasteiger partial charge in [-0.1, -0.05) is 0 Å². The second-order valence-electron chi connectivity index (χ2n) is 4.34. The van der Waals surface area contributed by atoms with Gasteiger partial charge in [-0.25, -0.2) is 8.78 Å². The quantitative estimate of drug-likeness (QED) is 0.501. The third-order valence-corrected chi connectivity index (χ3v) is 2.82. The fraction of sp³-hybridized carbons (Fsp3) is 0.0714. The number of ether oxygens (including phenoxy) is 1. The number of aromatic hydroxyl groups is 1. The van der Waals surface area contributed by atoms with Crippen LogP contribution in [0, 0.1) is 21.7 Å². The Hall–Kier alpha value is -3.23. The highest BCUT2D eigenvalue weighted by atomic mass is 19.1. The maximum Gasteiger partial charge on any atom is 0.315 e. The number of anilines is 1. The number of nitrogens with zero attached hydrogens (tertiary/aromatic N) is 2. The van der Waals surface area contributed by atoms with Crippen molar-refractivity contribution in [1.82, 2.24) is 0 Å². The van der Waals surface area contributed by atoms with Crippen LogP contribution in [0.1, 0.15) is 5.56 Å². The number of hydrogen-bond acceptors (Lipinski definition) is 6. The molecule has 9 heteroatoms. The molecule has 2 rings (SSSR count). The molecule has 7 nitrogen and oxygen atoms in total. The van der Waals surface area contributed by atoms with Crippen LogP contribution in [0.2, 0.25) is 0 Å². The van der Waals surface area contributed by atoms with Gasteiger partial charge in [0.2, 0.25) is 5.75 Å². The second-order valence-corrected chi connectivity index (χ2v) is 4.34. The summed E-state index contributed by atoms with van der Waals surface area (Å²) < 4.78 is 31.0. The third kappa shape index (κ3) is 3.70. The first-order chi connectivity index (χ1) is 10.9. The molecule has 2 N–H and O–H groups in total. The average molecular weight is 323 g/mol. The molecule has 0 aliphatic rings. The van der Waals surface area contributed by atoms with Crippen molar-refractivity contribution in [3.63, 3.8) is 0 Å². The topological polar surface area (TPSA) is 97.0 Å². The highest BCUT2D eigenvalue weighted by molar-refractivity contribution is 5.83. The van der Waals surface area contributed by atoms with Gasteiger partial charge in [-0.15, -0.1) is 0 Å². The third-order valence-electron chi connectivity index (χ3n) is 2.82. The van der Waals surface area contributed by atoms with Crippen LogP contribution in [0.25, 0.3) is 0 Å². The van der Waals surface area contributed by atoms with Gasteiger partial charge in [-0.3, -0.25) is 15.5 Å². The predicted molar refractivity (Wildman–Crippen MR) is 78.9 cm³/mol. The van der Waals surface area contributed by atoms with Crippen molar-refractivity contribution in [3.05, 3.63) is 57.6 Å². The summed E-state index contributed by atoms with van der Waals surface area (Å²) in [6.07, 6.45) is 1.16. The van der Waals surface area contributed by atoms with Gasteiger partial charge in [0, 0.05) is 17.7 Å². The summed E-state index contributed by atoms with van der Waals surface area (Å²) in [5.74, 6) is -2.27. The number of benzene rings is 2. The first kappa shape index (κ1) is 16.1. The molecule has 0 saturated heterocycles. The zero-order valence-corrected chi connectivity index (χ0v) is 11.8. The van der Waals surface area contributed by atoms with Crippen LogP contribution < -0.4 is 10.2 Å². The molecule has 2 aromatic rings. The number of nitrogens with one attached hydrogen (secondary N) is 1. The first-order valence-electron chi connectivity index (χ1n) is 6.22. The van der Waals surface area contributed by atoms with Gasteiger partial charge in [0.05, 0.1) is 23.9 Å². The summed E-state index contributed by atoms with van der Waals surface area (Å²) >= 11 is 0. The van der Waals surface area contributed by atoms with E-state index in [4.69, 9.17) is 4.74 Å². The Morgan fingerprint density at radius 2 is 2.09 bits per heavy atom. The molecule has 0 amide bonds. The van der Waals surface area contributed by atoms with Crippen molar-refractivity contribution in [2.45, 2.75) is 0 Å². The minimum absolute atomic E-state index is 0.0668.